The van der Waals surface area contributed by atoms with Gasteiger partial charge in [0.2, 0.25) is 11.6 Å². The van der Waals surface area contributed by atoms with Crippen LogP contribution in [0.1, 0.15) is 27.7 Å². The average molecular weight is 316 g/mol. The van der Waals surface area contributed by atoms with E-state index in [1.807, 2.05) is 0 Å². The van der Waals surface area contributed by atoms with Crippen LogP contribution >= 0.6 is 0 Å². The van der Waals surface area contributed by atoms with Gasteiger partial charge in [0.05, 0.1) is 11.9 Å². The second-order valence-electron chi connectivity index (χ2n) is 4.56. The number of carbonyl (C=O) groups is 1. The maximum Gasteiger partial charge on any atom is 0.292 e. The van der Waals surface area contributed by atoms with E-state index in [9.17, 15) is 4.79 Å². The molecule has 0 aliphatic rings. The normalized spacial score (nSPS) is 11.2. The molecule has 0 aliphatic carbocycles. The highest BCUT2D eigenvalue weighted by molar-refractivity contribution is 5.94. The van der Waals surface area contributed by atoms with Gasteiger partial charge in [0.15, 0.2) is 5.69 Å². The van der Waals surface area contributed by atoms with Crippen molar-refractivity contribution >= 4 is 17.9 Å². The van der Waals surface area contributed by atoms with Crippen LogP contribution in [-0.4, -0.2) is 37.4 Å². The lowest BCUT2D eigenvalue weighted by atomic mass is 10.3. The van der Waals surface area contributed by atoms with Crippen LogP contribution in [0.3, 0.4) is 0 Å². The van der Waals surface area contributed by atoms with E-state index in [0.29, 0.717) is 11.5 Å². The van der Waals surface area contributed by atoms with Crippen LogP contribution in [0.15, 0.2) is 26.3 Å². The van der Waals surface area contributed by atoms with E-state index >= 15 is 0 Å². The number of carbonyl (C=O) groups excluding carboxylic acids is 1. The van der Waals surface area contributed by atoms with Crippen molar-refractivity contribution in [1.82, 2.24) is 30.7 Å². The Morgan fingerprint density at radius 3 is 2.87 bits per heavy atom. The van der Waals surface area contributed by atoms with Gasteiger partial charge in [-0.2, -0.15) is 9.78 Å². The predicted octanol–water partition coefficient (Wildman–Crippen LogP) is 0.206. The van der Waals surface area contributed by atoms with E-state index in [0.717, 1.165) is 10.4 Å². The molecule has 3 aromatic rings. The second-order valence-corrected chi connectivity index (χ2v) is 4.56. The molecule has 3 aromatic heterocycles. The fourth-order valence-electron chi connectivity index (χ4n) is 1.83. The minimum Gasteiger partial charge on any atom is -0.460 e. The number of nitrogens with zero attached hydrogens (tertiary/aromatic N) is 6. The number of anilines is 1. The van der Waals surface area contributed by atoms with Gasteiger partial charge in [-0.3, -0.25) is 4.79 Å². The van der Waals surface area contributed by atoms with Crippen molar-refractivity contribution in [2.24, 2.45) is 5.10 Å². The molecule has 0 radical (unpaired) electrons. The summed E-state index contributed by atoms with van der Waals surface area (Å²) in [4.78, 5) is 12.3. The summed E-state index contributed by atoms with van der Waals surface area (Å²) in [6, 6.07) is 3.51. The molecule has 23 heavy (non-hydrogen) atoms. The minimum absolute atomic E-state index is 0.0153. The zero-order valence-electron chi connectivity index (χ0n) is 12.2. The van der Waals surface area contributed by atoms with Crippen LogP contribution in [-0.2, 0) is 0 Å². The third kappa shape index (κ3) is 2.79. The van der Waals surface area contributed by atoms with Crippen LogP contribution in [0.4, 0.5) is 5.82 Å². The number of hydrogen-bond acceptors (Lipinski definition) is 9. The van der Waals surface area contributed by atoms with Gasteiger partial charge >= 0.3 is 0 Å². The van der Waals surface area contributed by atoms with E-state index in [1.54, 1.807) is 26.0 Å². The summed E-state index contributed by atoms with van der Waals surface area (Å²) in [6.45, 7) is 3.42. The van der Waals surface area contributed by atoms with E-state index in [2.05, 4.69) is 35.8 Å². The highest BCUT2D eigenvalue weighted by Gasteiger charge is 2.22. The summed E-state index contributed by atoms with van der Waals surface area (Å²) < 4.78 is 10.9. The minimum atomic E-state index is -0.547. The molecule has 3 rings (SSSR count). The number of furan rings is 1. The summed E-state index contributed by atoms with van der Waals surface area (Å²) in [7, 11) is 0. The van der Waals surface area contributed by atoms with Crippen LogP contribution in [0.25, 0.3) is 5.82 Å². The third-order valence-electron chi connectivity index (χ3n) is 2.87. The molecule has 0 saturated carbocycles. The molecule has 3 heterocycles. The number of nitrogen functional groups attached to an aromatic ring is 1. The molecule has 0 bridgehead atoms. The monoisotopic (exact) mass is 316 g/mol. The first kappa shape index (κ1) is 14.4. The number of hydrogen-bond donors (Lipinski definition) is 2. The topological polar surface area (TPSA) is 150 Å². The van der Waals surface area contributed by atoms with Gasteiger partial charge in [0, 0.05) is 0 Å². The zero-order chi connectivity index (χ0) is 16.4. The number of hydrazone groups is 1. The van der Waals surface area contributed by atoms with E-state index in [1.165, 1.54) is 6.21 Å². The van der Waals surface area contributed by atoms with Gasteiger partial charge in [-0.25, -0.2) is 10.1 Å². The summed E-state index contributed by atoms with van der Waals surface area (Å²) in [6.07, 6.45) is 1.38. The Morgan fingerprint density at radius 1 is 1.39 bits per heavy atom. The van der Waals surface area contributed by atoms with Crippen LogP contribution in [0.2, 0.25) is 0 Å². The number of aryl methyl sites for hydroxylation is 2. The van der Waals surface area contributed by atoms with E-state index in [4.69, 9.17) is 10.2 Å². The Hall–Kier alpha value is -3.50. The van der Waals surface area contributed by atoms with Crippen molar-refractivity contribution in [3.8, 4) is 5.82 Å². The Labute approximate surface area is 129 Å². The molecule has 3 N–H and O–H groups in total. The highest BCUT2D eigenvalue weighted by Crippen LogP contribution is 2.14. The maximum atomic E-state index is 12.3. The van der Waals surface area contributed by atoms with Gasteiger partial charge in [0.1, 0.15) is 11.5 Å². The standard InChI is InChI=1S/C12H12N8O3/c1-6-3-4-8(22-6)5-14-16-12(21)9-7(2)15-19-20(9)11-10(13)17-23-18-11/h3-5H,1-2H3,(H2,13,17)(H,16,21)/b14-5+. The number of aromatic nitrogens is 5. The zero-order valence-corrected chi connectivity index (χ0v) is 12.2. The van der Waals surface area contributed by atoms with Gasteiger partial charge in [-0.05, 0) is 36.3 Å². The number of nitrogens with two attached hydrogens (primary N) is 1. The fourth-order valence-corrected chi connectivity index (χ4v) is 1.83. The average Bonchev–Trinajstić information content (AvgIpc) is 3.20. The summed E-state index contributed by atoms with van der Waals surface area (Å²) in [5.41, 5.74) is 8.44. The quantitative estimate of drug-likeness (QED) is 0.512. The first-order valence-electron chi connectivity index (χ1n) is 6.47. The lowest BCUT2D eigenvalue weighted by Gasteiger charge is -2.02. The summed E-state index contributed by atoms with van der Waals surface area (Å²) in [5, 5.41) is 18.5. The molecular weight excluding hydrogens is 304 g/mol. The van der Waals surface area contributed by atoms with Crippen molar-refractivity contribution in [1.29, 1.82) is 0 Å². The Balaban J connectivity index is 1.81. The van der Waals surface area contributed by atoms with E-state index in [-0.39, 0.29) is 17.3 Å². The largest absolute Gasteiger partial charge is 0.460 e. The number of amides is 1. The second kappa shape index (κ2) is 5.71. The maximum absolute atomic E-state index is 12.3. The molecule has 0 unspecified atom stereocenters. The highest BCUT2D eigenvalue weighted by atomic mass is 16.6. The van der Waals surface area contributed by atoms with Crippen molar-refractivity contribution in [2.75, 3.05) is 5.73 Å². The molecule has 118 valence electrons. The Kier molecular flexibility index (Phi) is 3.58. The SMILES string of the molecule is Cc1ccc(/C=N/NC(=O)c2c(C)nnn2-c2nonc2N)o1. The van der Waals surface area contributed by atoms with Crippen molar-refractivity contribution in [3.63, 3.8) is 0 Å². The van der Waals surface area contributed by atoms with Gasteiger partial charge in [-0.15, -0.1) is 5.10 Å². The molecule has 11 heteroatoms. The predicted molar refractivity (Wildman–Crippen MR) is 76.9 cm³/mol. The molecule has 11 nitrogen and oxygen atoms in total. The number of rotatable bonds is 4. The lowest BCUT2D eigenvalue weighted by molar-refractivity contribution is 0.0946. The smallest absolute Gasteiger partial charge is 0.292 e. The van der Waals surface area contributed by atoms with Crippen LogP contribution < -0.4 is 11.2 Å². The molecular formula is C12H12N8O3. The number of nitrogens with one attached hydrogen (secondary N) is 1. The molecule has 0 aromatic carbocycles. The Bertz CT molecular complexity index is 875. The summed E-state index contributed by atoms with van der Waals surface area (Å²) >= 11 is 0. The third-order valence-corrected chi connectivity index (χ3v) is 2.87. The van der Waals surface area contributed by atoms with Gasteiger partial charge in [-0.1, -0.05) is 5.21 Å². The lowest BCUT2D eigenvalue weighted by Crippen LogP contribution is -2.22. The molecule has 0 aliphatic heterocycles. The molecule has 0 spiro atoms. The summed E-state index contributed by atoms with van der Waals surface area (Å²) in [5.74, 6) is 0.760. The van der Waals surface area contributed by atoms with Crippen molar-refractivity contribution in [2.45, 2.75) is 13.8 Å². The first-order valence-corrected chi connectivity index (χ1v) is 6.47. The molecule has 0 fully saturated rings. The Morgan fingerprint density at radius 2 is 2.22 bits per heavy atom. The van der Waals surface area contributed by atoms with Gasteiger partial charge in [0.25, 0.3) is 5.91 Å². The van der Waals surface area contributed by atoms with Gasteiger partial charge < -0.3 is 10.2 Å². The fraction of sp³-hybridized carbons (Fsp3) is 0.167. The van der Waals surface area contributed by atoms with Crippen molar-refractivity contribution < 1.29 is 13.8 Å². The molecule has 0 saturated heterocycles. The van der Waals surface area contributed by atoms with E-state index < -0.39 is 5.91 Å². The van der Waals surface area contributed by atoms with Crippen LogP contribution in [0, 0.1) is 13.8 Å². The molecule has 0 atom stereocenters. The first-order chi connectivity index (χ1) is 11.1. The van der Waals surface area contributed by atoms with Crippen molar-refractivity contribution in [3.05, 3.63) is 35.0 Å². The van der Waals surface area contributed by atoms with Crippen LogP contribution in [0.5, 0.6) is 0 Å². The molecule has 1 amide bonds.